The molecule has 0 unspecified atom stereocenters. The van der Waals surface area contributed by atoms with Gasteiger partial charge in [-0.25, -0.2) is 0 Å². The molecule has 6 heteroatoms. The third-order valence-corrected chi connectivity index (χ3v) is 3.53. The zero-order valence-electron chi connectivity index (χ0n) is 11.2. The number of unbranched alkanes of at least 4 members (excludes halogenated alkanes) is 1. The number of nitriles is 2. The average molecular weight is 278 g/mol. The molecule has 0 aliphatic heterocycles. The van der Waals surface area contributed by atoms with Crippen molar-refractivity contribution in [1.29, 1.82) is 10.5 Å². The highest BCUT2D eigenvalue weighted by atomic mass is 32.1. The molecule has 0 aliphatic rings. The number of hydrogen-bond acceptors (Lipinski definition) is 6. The van der Waals surface area contributed by atoms with Gasteiger partial charge in [0.15, 0.2) is 0 Å². The van der Waals surface area contributed by atoms with Gasteiger partial charge in [-0.05, 0) is 26.7 Å². The van der Waals surface area contributed by atoms with Crippen molar-refractivity contribution in [3.8, 4) is 12.1 Å². The van der Waals surface area contributed by atoms with Crippen molar-refractivity contribution >= 4 is 22.0 Å². The van der Waals surface area contributed by atoms with Crippen molar-refractivity contribution in [1.82, 2.24) is 0 Å². The van der Waals surface area contributed by atoms with E-state index in [1.54, 1.807) is 0 Å². The minimum atomic E-state index is 0.258. The molecule has 5 nitrogen and oxygen atoms in total. The predicted molar refractivity (Wildman–Crippen MR) is 77.0 cm³/mol. The van der Waals surface area contributed by atoms with Crippen LogP contribution < -0.4 is 11.1 Å². The lowest BCUT2D eigenvalue weighted by molar-refractivity contribution is 0.0765. The van der Waals surface area contributed by atoms with Gasteiger partial charge in [0.25, 0.3) is 0 Å². The highest BCUT2D eigenvalue weighted by Crippen LogP contribution is 2.34. The second kappa shape index (κ2) is 7.63. The second-order valence-electron chi connectivity index (χ2n) is 4.33. The van der Waals surface area contributed by atoms with Gasteiger partial charge in [-0.2, -0.15) is 10.5 Å². The first-order valence-corrected chi connectivity index (χ1v) is 6.99. The fraction of sp³-hybridized carbons (Fsp3) is 0.538. The Bertz CT molecular complexity index is 496. The predicted octanol–water partition coefficient (Wildman–Crippen LogP) is 2.69. The molecule has 1 aromatic heterocycles. The van der Waals surface area contributed by atoms with Crippen LogP contribution in [0.1, 0.15) is 37.1 Å². The zero-order valence-corrected chi connectivity index (χ0v) is 12.0. The number of nitrogens with two attached hydrogens (primary N) is 1. The Kier molecular flexibility index (Phi) is 6.14. The van der Waals surface area contributed by atoms with Gasteiger partial charge in [-0.15, -0.1) is 11.3 Å². The molecule has 19 heavy (non-hydrogen) atoms. The normalized spacial score (nSPS) is 10.2. The summed E-state index contributed by atoms with van der Waals surface area (Å²) < 4.78 is 5.44. The molecule has 0 atom stereocenters. The summed E-state index contributed by atoms with van der Waals surface area (Å²) in [5.74, 6) is 0. The summed E-state index contributed by atoms with van der Waals surface area (Å²) in [6, 6.07) is 4.03. The van der Waals surface area contributed by atoms with E-state index in [-0.39, 0.29) is 11.8 Å². The number of nitrogen functional groups attached to an aromatic ring is 1. The molecule has 0 saturated heterocycles. The van der Waals surface area contributed by atoms with Crippen LogP contribution in [0.15, 0.2) is 0 Å². The molecule has 102 valence electrons. The third kappa shape index (κ3) is 4.44. The Morgan fingerprint density at radius 2 is 2.05 bits per heavy atom. The summed E-state index contributed by atoms with van der Waals surface area (Å²) in [6.07, 6.45) is 2.16. The van der Waals surface area contributed by atoms with Gasteiger partial charge in [-0.3, -0.25) is 0 Å². The van der Waals surface area contributed by atoms with Crippen molar-refractivity contribution in [2.45, 2.75) is 32.8 Å². The minimum absolute atomic E-state index is 0.258. The molecule has 0 saturated carbocycles. The number of ether oxygens (including phenoxy) is 1. The molecule has 3 N–H and O–H groups in total. The Balaban J connectivity index is 2.42. The maximum Gasteiger partial charge on any atom is 0.131 e. The van der Waals surface area contributed by atoms with Crippen molar-refractivity contribution in [2.24, 2.45) is 0 Å². The molecule has 1 heterocycles. The van der Waals surface area contributed by atoms with Crippen molar-refractivity contribution in [3.05, 3.63) is 10.4 Å². The first-order valence-electron chi connectivity index (χ1n) is 6.18. The summed E-state index contributed by atoms with van der Waals surface area (Å²) in [4.78, 5) is 0.391. The summed E-state index contributed by atoms with van der Waals surface area (Å²) in [6.45, 7) is 5.49. The quantitative estimate of drug-likeness (QED) is 0.748. The lowest BCUT2D eigenvalue weighted by Gasteiger charge is -2.07. The molecular weight excluding hydrogens is 260 g/mol. The lowest BCUT2D eigenvalue weighted by atomic mass is 10.2. The fourth-order valence-corrected chi connectivity index (χ4v) is 2.40. The van der Waals surface area contributed by atoms with Crippen LogP contribution in [0.4, 0.5) is 10.7 Å². The topological polar surface area (TPSA) is 94.9 Å². The van der Waals surface area contributed by atoms with Gasteiger partial charge < -0.3 is 15.8 Å². The number of hydrogen-bond donors (Lipinski definition) is 2. The number of rotatable bonds is 7. The molecule has 0 fully saturated rings. The van der Waals surface area contributed by atoms with Crippen molar-refractivity contribution < 1.29 is 4.74 Å². The van der Waals surface area contributed by atoms with E-state index in [0.29, 0.717) is 15.4 Å². The summed E-state index contributed by atoms with van der Waals surface area (Å²) in [5.41, 5.74) is 6.37. The number of thiophene rings is 1. The van der Waals surface area contributed by atoms with E-state index < -0.39 is 0 Å². The van der Waals surface area contributed by atoms with Crippen LogP contribution in [0.2, 0.25) is 0 Å². The minimum Gasteiger partial charge on any atom is -0.396 e. The van der Waals surface area contributed by atoms with E-state index in [0.717, 1.165) is 26.0 Å². The van der Waals surface area contributed by atoms with E-state index in [4.69, 9.17) is 21.0 Å². The number of nitrogens with zero attached hydrogens (tertiary/aromatic N) is 2. The maximum atomic E-state index is 9.02. The Morgan fingerprint density at radius 1 is 1.32 bits per heavy atom. The monoisotopic (exact) mass is 278 g/mol. The molecule has 0 amide bonds. The molecule has 0 radical (unpaired) electrons. The molecule has 0 spiro atoms. The van der Waals surface area contributed by atoms with E-state index in [1.807, 2.05) is 26.0 Å². The SMILES string of the molecule is CC(C)OCCCCNc1sc(C#N)c(N)c1C#N. The number of anilines is 2. The molecular formula is C13H18N4OS. The molecule has 1 aromatic rings. The summed E-state index contributed by atoms with van der Waals surface area (Å²) in [5, 5.41) is 21.7. The maximum absolute atomic E-state index is 9.02. The van der Waals surface area contributed by atoms with Crippen LogP contribution in [0.5, 0.6) is 0 Å². The van der Waals surface area contributed by atoms with Gasteiger partial charge in [0.2, 0.25) is 0 Å². The summed E-state index contributed by atoms with van der Waals surface area (Å²) in [7, 11) is 0. The average Bonchev–Trinajstić information content (AvgIpc) is 2.69. The van der Waals surface area contributed by atoms with Gasteiger partial charge >= 0.3 is 0 Å². The first kappa shape index (κ1) is 15.3. The third-order valence-electron chi connectivity index (χ3n) is 2.47. The smallest absolute Gasteiger partial charge is 0.131 e. The Labute approximate surface area is 117 Å². The van der Waals surface area contributed by atoms with E-state index in [1.165, 1.54) is 11.3 Å². The van der Waals surface area contributed by atoms with Crippen molar-refractivity contribution in [3.63, 3.8) is 0 Å². The van der Waals surface area contributed by atoms with Crippen LogP contribution in [-0.4, -0.2) is 19.3 Å². The van der Waals surface area contributed by atoms with Crippen molar-refractivity contribution in [2.75, 3.05) is 24.2 Å². The van der Waals surface area contributed by atoms with E-state index in [2.05, 4.69) is 5.32 Å². The van der Waals surface area contributed by atoms with Crippen LogP contribution in [-0.2, 0) is 4.74 Å². The first-order chi connectivity index (χ1) is 9.10. The summed E-state index contributed by atoms with van der Waals surface area (Å²) >= 11 is 1.23. The standard InChI is InChI=1S/C13H18N4OS/c1-9(2)18-6-4-3-5-17-13-10(7-14)12(16)11(8-15)19-13/h9,17H,3-6,16H2,1-2H3. The van der Waals surface area contributed by atoms with Crippen LogP contribution in [0.3, 0.4) is 0 Å². The van der Waals surface area contributed by atoms with Gasteiger partial charge in [0.05, 0.1) is 11.8 Å². The Morgan fingerprint density at radius 3 is 2.63 bits per heavy atom. The van der Waals surface area contributed by atoms with Gasteiger partial charge in [-0.1, -0.05) is 0 Å². The van der Waals surface area contributed by atoms with Crippen LogP contribution >= 0.6 is 11.3 Å². The molecule has 0 aliphatic carbocycles. The zero-order chi connectivity index (χ0) is 14.3. The van der Waals surface area contributed by atoms with Crippen LogP contribution in [0, 0.1) is 22.7 Å². The number of nitrogens with one attached hydrogen (secondary N) is 1. The van der Waals surface area contributed by atoms with Crippen LogP contribution in [0.25, 0.3) is 0 Å². The lowest BCUT2D eigenvalue weighted by Crippen LogP contribution is -2.07. The molecule has 0 aromatic carbocycles. The highest BCUT2D eigenvalue weighted by molar-refractivity contribution is 7.17. The fourth-order valence-electron chi connectivity index (χ4n) is 1.51. The largest absolute Gasteiger partial charge is 0.396 e. The van der Waals surface area contributed by atoms with E-state index in [9.17, 15) is 0 Å². The Hall–Kier alpha value is -1.76. The highest BCUT2D eigenvalue weighted by Gasteiger charge is 2.14. The van der Waals surface area contributed by atoms with E-state index >= 15 is 0 Å². The molecule has 1 rings (SSSR count). The second-order valence-corrected chi connectivity index (χ2v) is 5.35. The molecule has 0 bridgehead atoms. The van der Waals surface area contributed by atoms with Gasteiger partial charge in [0.1, 0.15) is 27.6 Å². The van der Waals surface area contributed by atoms with Gasteiger partial charge in [0, 0.05) is 13.2 Å².